The summed E-state index contributed by atoms with van der Waals surface area (Å²) < 4.78 is 5.33. The van der Waals surface area contributed by atoms with Crippen molar-refractivity contribution in [2.75, 3.05) is 19.0 Å². The van der Waals surface area contributed by atoms with Crippen LogP contribution in [0.15, 0.2) is 18.2 Å². The third-order valence-electron chi connectivity index (χ3n) is 4.24. The lowest BCUT2D eigenvalue weighted by Gasteiger charge is -2.15. The summed E-state index contributed by atoms with van der Waals surface area (Å²) in [4.78, 5) is 4.87. The van der Waals surface area contributed by atoms with Gasteiger partial charge in [0.2, 0.25) is 0 Å². The molecule has 0 aliphatic heterocycles. The molecule has 1 N–H and O–H groups in total. The van der Waals surface area contributed by atoms with Gasteiger partial charge in [-0.3, -0.25) is 4.98 Å². The van der Waals surface area contributed by atoms with E-state index >= 15 is 0 Å². The fourth-order valence-corrected chi connectivity index (χ4v) is 3.41. The highest BCUT2D eigenvalue weighted by molar-refractivity contribution is 6.33. The van der Waals surface area contributed by atoms with E-state index in [1.807, 2.05) is 12.1 Å². The van der Waals surface area contributed by atoms with Crippen LogP contribution >= 0.6 is 11.6 Å². The number of nitrogens with zero attached hydrogens (tertiary/aromatic N) is 1. The number of aromatic nitrogens is 1. The maximum absolute atomic E-state index is 6.26. The maximum atomic E-state index is 6.26. The molecule has 1 aromatic heterocycles. The zero-order valence-electron chi connectivity index (χ0n) is 12.6. The SMILES string of the molecule is CCNc1cc(C2CCCC2)nc2cc(OC)c(Cl)cc12. The van der Waals surface area contributed by atoms with Gasteiger partial charge in [-0.05, 0) is 31.9 Å². The topological polar surface area (TPSA) is 34.2 Å². The van der Waals surface area contributed by atoms with Crippen LogP contribution in [0.1, 0.15) is 44.2 Å². The fraction of sp³-hybridized carbons (Fsp3) is 0.471. The van der Waals surface area contributed by atoms with Crippen LogP contribution in [-0.2, 0) is 0 Å². The summed E-state index contributed by atoms with van der Waals surface area (Å²) in [6.07, 6.45) is 5.11. The second-order valence-corrected chi connectivity index (χ2v) is 6.02. The fourth-order valence-electron chi connectivity index (χ4n) is 3.17. The van der Waals surface area contributed by atoms with Gasteiger partial charge < -0.3 is 10.1 Å². The Morgan fingerprint density at radius 2 is 2.05 bits per heavy atom. The Kier molecular flexibility index (Phi) is 4.20. The van der Waals surface area contributed by atoms with Crippen molar-refractivity contribution in [2.24, 2.45) is 0 Å². The molecule has 0 radical (unpaired) electrons. The summed E-state index contributed by atoms with van der Waals surface area (Å²) in [5.74, 6) is 1.27. The number of benzene rings is 1. The van der Waals surface area contributed by atoms with Gasteiger partial charge in [-0.15, -0.1) is 0 Å². The number of halogens is 1. The minimum Gasteiger partial charge on any atom is -0.495 e. The molecular weight excluding hydrogens is 284 g/mol. The van der Waals surface area contributed by atoms with E-state index in [1.54, 1.807) is 7.11 Å². The molecule has 0 spiro atoms. The summed E-state index contributed by atoms with van der Waals surface area (Å²) in [6.45, 7) is 2.99. The quantitative estimate of drug-likeness (QED) is 0.864. The number of ether oxygens (including phenoxy) is 1. The van der Waals surface area contributed by atoms with Crippen LogP contribution in [0.2, 0.25) is 5.02 Å². The van der Waals surface area contributed by atoms with Gasteiger partial charge in [0, 0.05) is 35.3 Å². The number of pyridine rings is 1. The zero-order chi connectivity index (χ0) is 14.8. The zero-order valence-corrected chi connectivity index (χ0v) is 13.3. The van der Waals surface area contributed by atoms with Gasteiger partial charge >= 0.3 is 0 Å². The Hall–Kier alpha value is -1.48. The monoisotopic (exact) mass is 304 g/mol. The Bertz CT molecular complexity index is 651. The van der Waals surface area contributed by atoms with Gasteiger partial charge in [0.05, 0.1) is 17.6 Å². The molecule has 1 aliphatic carbocycles. The highest BCUT2D eigenvalue weighted by Gasteiger charge is 2.20. The molecule has 112 valence electrons. The van der Waals surface area contributed by atoms with E-state index in [-0.39, 0.29) is 0 Å². The summed E-state index contributed by atoms with van der Waals surface area (Å²) in [6, 6.07) is 6.08. The molecule has 1 aromatic carbocycles. The van der Waals surface area contributed by atoms with Crippen LogP contribution in [0.4, 0.5) is 5.69 Å². The second-order valence-electron chi connectivity index (χ2n) is 5.61. The highest BCUT2D eigenvalue weighted by Crippen LogP contribution is 2.38. The van der Waals surface area contributed by atoms with Crippen molar-refractivity contribution in [3.63, 3.8) is 0 Å². The van der Waals surface area contributed by atoms with Crippen molar-refractivity contribution in [2.45, 2.75) is 38.5 Å². The maximum Gasteiger partial charge on any atom is 0.139 e. The molecule has 1 heterocycles. The van der Waals surface area contributed by atoms with Crippen LogP contribution in [0.3, 0.4) is 0 Å². The van der Waals surface area contributed by atoms with Crippen LogP contribution in [0, 0.1) is 0 Å². The molecule has 2 aromatic rings. The molecule has 0 saturated heterocycles. The Labute approximate surface area is 130 Å². The molecule has 4 heteroatoms. The average molecular weight is 305 g/mol. The number of rotatable bonds is 4. The van der Waals surface area contributed by atoms with E-state index < -0.39 is 0 Å². The molecule has 0 atom stereocenters. The minimum atomic E-state index is 0.591. The lowest BCUT2D eigenvalue weighted by atomic mass is 10.0. The van der Waals surface area contributed by atoms with Crippen LogP contribution in [-0.4, -0.2) is 18.6 Å². The number of hydrogen-bond donors (Lipinski definition) is 1. The average Bonchev–Trinajstić information content (AvgIpc) is 3.01. The van der Waals surface area contributed by atoms with E-state index in [0.717, 1.165) is 23.1 Å². The van der Waals surface area contributed by atoms with Crippen molar-refractivity contribution >= 4 is 28.2 Å². The van der Waals surface area contributed by atoms with Crippen molar-refractivity contribution in [1.82, 2.24) is 4.98 Å². The third-order valence-corrected chi connectivity index (χ3v) is 4.54. The van der Waals surface area contributed by atoms with Crippen LogP contribution < -0.4 is 10.1 Å². The Morgan fingerprint density at radius 1 is 1.29 bits per heavy atom. The molecule has 0 amide bonds. The normalized spacial score (nSPS) is 15.6. The van der Waals surface area contributed by atoms with Gasteiger partial charge in [0.15, 0.2) is 0 Å². The number of nitrogens with one attached hydrogen (secondary N) is 1. The van der Waals surface area contributed by atoms with Crippen LogP contribution in [0.25, 0.3) is 10.9 Å². The summed E-state index contributed by atoms with van der Waals surface area (Å²) in [7, 11) is 1.64. The van der Waals surface area contributed by atoms with Gasteiger partial charge in [-0.2, -0.15) is 0 Å². The predicted octanol–water partition coefficient (Wildman–Crippen LogP) is 4.99. The van der Waals surface area contributed by atoms with E-state index in [0.29, 0.717) is 16.7 Å². The molecule has 0 bridgehead atoms. The van der Waals surface area contributed by atoms with Crippen molar-refractivity contribution in [1.29, 1.82) is 0 Å². The predicted molar refractivity (Wildman–Crippen MR) is 88.7 cm³/mol. The lowest BCUT2D eigenvalue weighted by Crippen LogP contribution is -2.03. The summed E-state index contributed by atoms with van der Waals surface area (Å²) in [5.41, 5.74) is 3.27. The first-order valence-electron chi connectivity index (χ1n) is 7.65. The molecule has 0 unspecified atom stereocenters. The second kappa shape index (κ2) is 6.10. The first-order valence-corrected chi connectivity index (χ1v) is 8.02. The smallest absolute Gasteiger partial charge is 0.139 e. The minimum absolute atomic E-state index is 0.591. The standard InChI is InChI=1S/C17H21ClN2O/c1-3-19-15-9-14(11-6-4-5-7-11)20-16-10-17(21-2)13(18)8-12(15)16/h8-11H,3-7H2,1-2H3,(H,19,20). The van der Waals surface area contributed by atoms with E-state index in [9.17, 15) is 0 Å². The van der Waals surface area contributed by atoms with Crippen molar-refractivity contribution in [3.8, 4) is 5.75 Å². The first kappa shape index (κ1) is 14.5. The van der Waals surface area contributed by atoms with E-state index in [1.165, 1.54) is 31.4 Å². The first-order chi connectivity index (χ1) is 10.2. The molecule has 21 heavy (non-hydrogen) atoms. The Morgan fingerprint density at radius 3 is 2.71 bits per heavy atom. The van der Waals surface area contributed by atoms with Crippen molar-refractivity contribution in [3.05, 3.63) is 28.9 Å². The van der Waals surface area contributed by atoms with Gasteiger partial charge in [0.1, 0.15) is 5.75 Å². The molecule has 3 nitrogen and oxygen atoms in total. The molecular formula is C17H21ClN2O. The third kappa shape index (κ3) is 2.80. The van der Waals surface area contributed by atoms with E-state index in [2.05, 4.69) is 18.3 Å². The Balaban J connectivity index is 2.16. The highest BCUT2D eigenvalue weighted by atomic mass is 35.5. The largest absolute Gasteiger partial charge is 0.495 e. The van der Waals surface area contributed by atoms with E-state index in [4.69, 9.17) is 21.3 Å². The van der Waals surface area contributed by atoms with Crippen molar-refractivity contribution < 1.29 is 4.74 Å². The van der Waals surface area contributed by atoms with Crippen LogP contribution in [0.5, 0.6) is 5.75 Å². The lowest BCUT2D eigenvalue weighted by molar-refractivity contribution is 0.415. The van der Waals surface area contributed by atoms with Gasteiger partial charge in [0.25, 0.3) is 0 Å². The van der Waals surface area contributed by atoms with Gasteiger partial charge in [-0.1, -0.05) is 24.4 Å². The molecule has 1 fully saturated rings. The number of fused-ring (bicyclic) bond motifs is 1. The molecule has 1 saturated carbocycles. The molecule has 1 aliphatic rings. The van der Waals surface area contributed by atoms with Gasteiger partial charge in [-0.25, -0.2) is 0 Å². The summed E-state index contributed by atoms with van der Waals surface area (Å²) >= 11 is 6.26. The summed E-state index contributed by atoms with van der Waals surface area (Å²) in [5, 5.41) is 5.12. The molecule has 3 rings (SSSR count). The number of hydrogen-bond acceptors (Lipinski definition) is 3. The number of anilines is 1. The number of methoxy groups -OCH3 is 1.